The molecule has 0 N–H and O–H groups in total. The summed E-state index contributed by atoms with van der Waals surface area (Å²) in [6.07, 6.45) is -0.743. The lowest BCUT2D eigenvalue weighted by Gasteiger charge is -2.28. The van der Waals surface area contributed by atoms with Crippen LogP contribution in [0.2, 0.25) is 0 Å². The van der Waals surface area contributed by atoms with E-state index in [1.54, 1.807) is 16.4 Å². The molecule has 2 aliphatic rings. The Bertz CT molecular complexity index is 760. The van der Waals surface area contributed by atoms with Crippen molar-refractivity contribution in [2.45, 2.75) is 32.0 Å². The van der Waals surface area contributed by atoms with E-state index >= 15 is 0 Å². The Balaban J connectivity index is 1.78. The van der Waals surface area contributed by atoms with E-state index < -0.39 is 12.0 Å². The molecule has 0 aliphatic carbocycles. The maximum Gasteiger partial charge on any atom is 0.262 e. The van der Waals surface area contributed by atoms with E-state index in [0.29, 0.717) is 0 Å². The summed E-state index contributed by atoms with van der Waals surface area (Å²) in [6, 6.07) is 13.1. The van der Waals surface area contributed by atoms with Crippen molar-refractivity contribution >= 4 is 28.8 Å². The van der Waals surface area contributed by atoms with E-state index in [1.807, 2.05) is 61.7 Å². The second kappa shape index (κ2) is 5.72. The van der Waals surface area contributed by atoms with E-state index in [-0.39, 0.29) is 23.9 Å². The second-order valence-electron chi connectivity index (χ2n) is 6.31. The Morgan fingerprint density at radius 1 is 1.04 bits per heavy atom. The Labute approximate surface area is 144 Å². The number of rotatable bonds is 3. The Morgan fingerprint density at radius 3 is 2.42 bits per heavy atom. The van der Waals surface area contributed by atoms with Gasteiger partial charge in [0.15, 0.2) is 6.10 Å². The minimum atomic E-state index is -0.743. The van der Waals surface area contributed by atoms with Gasteiger partial charge in [0.05, 0.1) is 5.69 Å². The van der Waals surface area contributed by atoms with Crippen LogP contribution in [0.1, 0.15) is 24.8 Å². The van der Waals surface area contributed by atoms with Crippen molar-refractivity contribution in [2.75, 3.05) is 5.06 Å². The lowest BCUT2D eigenvalue weighted by molar-refractivity contribution is -0.145. The smallest absolute Gasteiger partial charge is 0.262 e. The second-order valence-corrected chi connectivity index (χ2v) is 7.29. The van der Waals surface area contributed by atoms with Gasteiger partial charge in [0.2, 0.25) is 5.91 Å². The summed E-state index contributed by atoms with van der Waals surface area (Å²) in [7, 11) is 0. The third-order valence-corrected chi connectivity index (χ3v) is 5.45. The molecule has 0 bridgehead atoms. The molecule has 2 fully saturated rings. The quantitative estimate of drug-likeness (QED) is 0.805. The number of hydroxylamine groups is 1. The van der Waals surface area contributed by atoms with Crippen molar-refractivity contribution in [1.82, 2.24) is 4.90 Å². The average Bonchev–Trinajstić information content (AvgIpc) is 3.26. The van der Waals surface area contributed by atoms with Crippen LogP contribution in [0.5, 0.6) is 0 Å². The summed E-state index contributed by atoms with van der Waals surface area (Å²) >= 11 is 1.58. The third kappa shape index (κ3) is 2.17. The van der Waals surface area contributed by atoms with Gasteiger partial charge in [0, 0.05) is 10.9 Å². The monoisotopic (exact) mass is 342 g/mol. The first-order valence-corrected chi connectivity index (χ1v) is 8.89. The van der Waals surface area contributed by atoms with Crippen LogP contribution in [0.3, 0.4) is 0 Å². The molecule has 0 spiro atoms. The SMILES string of the molecule is CC(C)N1C(=O)[C@@H]2[C@@H](ON(c3ccccc3)[C@H]2c2cccs2)C1=O. The molecule has 0 saturated carbocycles. The zero-order valence-corrected chi connectivity index (χ0v) is 14.3. The molecule has 24 heavy (non-hydrogen) atoms. The number of thiophene rings is 1. The summed E-state index contributed by atoms with van der Waals surface area (Å²) in [5.74, 6) is -0.879. The lowest BCUT2D eigenvalue weighted by Crippen LogP contribution is -2.41. The van der Waals surface area contributed by atoms with Crippen LogP contribution in [-0.2, 0) is 14.4 Å². The van der Waals surface area contributed by atoms with Crippen molar-refractivity contribution in [3.63, 3.8) is 0 Å². The number of nitrogens with zero attached hydrogens (tertiary/aromatic N) is 2. The molecular weight excluding hydrogens is 324 g/mol. The van der Waals surface area contributed by atoms with Gasteiger partial charge in [-0.3, -0.25) is 19.3 Å². The van der Waals surface area contributed by atoms with Crippen LogP contribution in [0, 0.1) is 5.92 Å². The van der Waals surface area contributed by atoms with Crippen molar-refractivity contribution in [1.29, 1.82) is 0 Å². The Kier molecular flexibility index (Phi) is 3.66. The van der Waals surface area contributed by atoms with Crippen molar-refractivity contribution in [3.8, 4) is 0 Å². The van der Waals surface area contributed by atoms with Gasteiger partial charge < -0.3 is 0 Å². The number of likely N-dealkylation sites (tertiary alicyclic amines) is 1. The maximum atomic E-state index is 12.9. The minimum Gasteiger partial charge on any atom is -0.277 e. The van der Waals surface area contributed by atoms with Gasteiger partial charge in [-0.25, -0.2) is 5.06 Å². The van der Waals surface area contributed by atoms with Crippen LogP contribution < -0.4 is 5.06 Å². The van der Waals surface area contributed by atoms with Crippen LogP contribution in [0.15, 0.2) is 47.8 Å². The van der Waals surface area contributed by atoms with Gasteiger partial charge in [-0.05, 0) is 37.4 Å². The fourth-order valence-electron chi connectivity index (χ4n) is 3.49. The molecule has 1 aromatic heterocycles. The number of fused-ring (bicyclic) bond motifs is 1. The summed E-state index contributed by atoms with van der Waals surface area (Å²) in [5, 5.41) is 3.71. The molecule has 0 unspecified atom stereocenters. The largest absolute Gasteiger partial charge is 0.277 e. The average molecular weight is 342 g/mol. The standard InChI is InChI=1S/C18H18N2O3S/c1-11(2)19-17(21)14-15(13-9-6-10-24-13)20(23-16(14)18(19)22)12-7-4-3-5-8-12/h3-11,14-16H,1-2H3/t14-,15-,16+/m0/s1. The fourth-order valence-corrected chi connectivity index (χ4v) is 4.35. The minimum absolute atomic E-state index is 0.142. The van der Waals surface area contributed by atoms with E-state index in [4.69, 9.17) is 4.84 Å². The van der Waals surface area contributed by atoms with Gasteiger partial charge >= 0.3 is 0 Å². The molecule has 2 aromatic rings. The third-order valence-electron chi connectivity index (χ3n) is 4.51. The highest BCUT2D eigenvalue weighted by Crippen LogP contribution is 2.47. The molecule has 2 saturated heterocycles. The van der Waals surface area contributed by atoms with Crippen molar-refractivity contribution in [3.05, 3.63) is 52.7 Å². The number of imide groups is 1. The van der Waals surface area contributed by atoms with E-state index in [9.17, 15) is 9.59 Å². The lowest BCUT2D eigenvalue weighted by atomic mass is 9.95. The van der Waals surface area contributed by atoms with Crippen molar-refractivity contribution in [2.24, 2.45) is 5.92 Å². The number of anilines is 1. The number of amides is 2. The number of para-hydroxylation sites is 1. The predicted octanol–water partition coefficient (Wildman–Crippen LogP) is 3.00. The van der Waals surface area contributed by atoms with Crippen LogP contribution in [0.4, 0.5) is 5.69 Å². The highest BCUT2D eigenvalue weighted by molar-refractivity contribution is 7.10. The highest BCUT2D eigenvalue weighted by Gasteiger charge is 2.60. The maximum absolute atomic E-state index is 12.9. The number of hydrogen-bond donors (Lipinski definition) is 0. The number of carbonyl (C=O) groups is 2. The molecule has 2 aliphatic heterocycles. The first-order chi connectivity index (χ1) is 11.6. The molecule has 124 valence electrons. The zero-order valence-electron chi connectivity index (χ0n) is 13.5. The Hall–Kier alpha value is -2.18. The first kappa shape index (κ1) is 15.4. The molecule has 1 aromatic carbocycles. The predicted molar refractivity (Wildman–Crippen MR) is 91.3 cm³/mol. The fraction of sp³-hybridized carbons (Fsp3) is 0.333. The molecule has 2 amide bonds. The summed E-state index contributed by atoms with van der Waals surface area (Å²) in [6.45, 7) is 3.71. The van der Waals surface area contributed by atoms with Gasteiger partial charge in [-0.15, -0.1) is 11.3 Å². The molecule has 0 radical (unpaired) electrons. The summed E-state index contributed by atoms with van der Waals surface area (Å²) in [4.78, 5) is 34.0. The molecule has 3 atom stereocenters. The Morgan fingerprint density at radius 2 is 1.79 bits per heavy atom. The molecule has 4 rings (SSSR count). The van der Waals surface area contributed by atoms with E-state index in [0.717, 1.165) is 10.6 Å². The summed E-state index contributed by atoms with van der Waals surface area (Å²) in [5.41, 5.74) is 0.849. The highest BCUT2D eigenvalue weighted by atomic mass is 32.1. The molecule has 5 nitrogen and oxygen atoms in total. The molecule has 6 heteroatoms. The molecular formula is C18H18N2O3S. The van der Waals surface area contributed by atoms with E-state index in [1.165, 1.54) is 4.90 Å². The zero-order chi connectivity index (χ0) is 16.8. The topological polar surface area (TPSA) is 49.9 Å². The van der Waals surface area contributed by atoms with Crippen molar-refractivity contribution < 1.29 is 14.4 Å². The van der Waals surface area contributed by atoms with Crippen LogP contribution >= 0.6 is 11.3 Å². The van der Waals surface area contributed by atoms with Gasteiger partial charge in [0.25, 0.3) is 5.91 Å². The van der Waals surface area contributed by atoms with Gasteiger partial charge in [-0.2, -0.15) is 0 Å². The normalized spacial score (nSPS) is 26.5. The number of benzene rings is 1. The van der Waals surface area contributed by atoms with E-state index in [2.05, 4.69) is 0 Å². The molecule has 3 heterocycles. The van der Waals surface area contributed by atoms with Gasteiger partial charge in [0.1, 0.15) is 12.0 Å². The summed E-state index contributed by atoms with van der Waals surface area (Å²) < 4.78 is 0. The number of carbonyl (C=O) groups excluding carboxylic acids is 2. The van der Waals surface area contributed by atoms with Gasteiger partial charge in [-0.1, -0.05) is 24.3 Å². The van der Waals surface area contributed by atoms with Crippen LogP contribution in [0.25, 0.3) is 0 Å². The van der Waals surface area contributed by atoms with Crippen LogP contribution in [-0.4, -0.2) is 28.9 Å². The first-order valence-electron chi connectivity index (χ1n) is 8.01. The number of hydrogen-bond acceptors (Lipinski definition) is 5.